The number of hydrogen-bond donors (Lipinski definition) is 3. The van der Waals surface area contributed by atoms with Crippen LogP contribution >= 0.6 is 0 Å². The van der Waals surface area contributed by atoms with Gasteiger partial charge in [0.1, 0.15) is 6.17 Å². The van der Waals surface area contributed by atoms with Gasteiger partial charge in [-0.05, 0) is 49.5 Å². The molecule has 2 aliphatic heterocycles. The van der Waals surface area contributed by atoms with Crippen LogP contribution in [-0.2, 0) is 0 Å². The zero-order valence-electron chi connectivity index (χ0n) is 18.6. The molecule has 1 fully saturated rings. The van der Waals surface area contributed by atoms with Crippen molar-refractivity contribution < 1.29 is 9.90 Å². The summed E-state index contributed by atoms with van der Waals surface area (Å²) in [6, 6.07) is 7.39. The van der Waals surface area contributed by atoms with Gasteiger partial charge in [-0.3, -0.25) is 5.43 Å². The molecule has 0 saturated heterocycles. The number of benzene rings is 1. The highest BCUT2D eigenvalue weighted by Crippen LogP contribution is 2.37. The minimum absolute atomic E-state index is 0.0186. The van der Waals surface area contributed by atoms with E-state index < -0.39 is 12.0 Å². The van der Waals surface area contributed by atoms with E-state index in [9.17, 15) is 9.90 Å². The molecule has 2 unspecified atom stereocenters. The average Bonchev–Trinajstić information content (AvgIpc) is 3.48. The molecule has 5 rings (SSSR count). The van der Waals surface area contributed by atoms with Crippen molar-refractivity contribution in [1.29, 1.82) is 0 Å². The molecule has 3 aliphatic rings. The van der Waals surface area contributed by atoms with Gasteiger partial charge < -0.3 is 19.9 Å². The van der Waals surface area contributed by atoms with Crippen LogP contribution in [0.2, 0.25) is 0 Å². The van der Waals surface area contributed by atoms with E-state index in [-0.39, 0.29) is 23.6 Å². The summed E-state index contributed by atoms with van der Waals surface area (Å²) in [5, 5.41) is 18.0. The molecule has 0 spiro atoms. The molecule has 8 nitrogen and oxygen atoms in total. The Bertz CT molecular complexity index is 1220. The van der Waals surface area contributed by atoms with E-state index >= 15 is 0 Å². The predicted octanol–water partition coefficient (Wildman–Crippen LogP) is 2.40. The molecule has 2 atom stereocenters. The number of rotatable bonds is 7. The minimum atomic E-state index is -1.04. The Labute approximate surface area is 193 Å². The Morgan fingerprint density at radius 3 is 2.73 bits per heavy atom. The molecule has 1 aliphatic carbocycles. The summed E-state index contributed by atoms with van der Waals surface area (Å²) in [4.78, 5) is 18.9. The minimum Gasteiger partial charge on any atom is -0.477 e. The van der Waals surface area contributed by atoms with Crippen molar-refractivity contribution in [1.82, 2.24) is 25.2 Å². The fraction of sp³-hybridized carbons (Fsp3) is 0.292. The molecule has 1 saturated carbocycles. The van der Waals surface area contributed by atoms with Crippen molar-refractivity contribution in [3.05, 3.63) is 76.9 Å². The fourth-order valence-corrected chi connectivity index (χ4v) is 4.37. The van der Waals surface area contributed by atoms with Gasteiger partial charge >= 0.3 is 5.97 Å². The maximum Gasteiger partial charge on any atom is 0.354 e. The Morgan fingerprint density at radius 2 is 2.09 bits per heavy atom. The molecule has 2 radical (unpaired) electrons. The molecule has 9 heteroatoms. The number of imidazole rings is 1. The lowest BCUT2D eigenvalue weighted by molar-refractivity contribution is 0.0683. The van der Waals surface area contributed by atoms with Crippen molar-refractivity contribution >= 4 is 31.5 Å². The van der Waals surface area contributed by atoms with Crippen LogP contribution in [0.5, 0.6) is 0 Å². The first-order valence-electron chi connectivity index (χ1n) is 11.0. The van der Waals surface area contributed by atoms with Crippen LogP contribution in [-0.4, -0.2) is 45.4 Å². The lowest BCUT2D eigenvalue weighted by Crippen LogP contribution is -2.37. The number of hydrogen-bond acceptors (Lipinski definition) is 6. The van der Waals surface area contributed by atoms with Gasteiger partial charge in [-0.2, -0.15) is 5.10 Å². The number of carboxylic acids is 1. The van der Waals surface area contributed by atoms with E-state index in [4.69, 9.17) is 7.85 Å². The second-order valence-electron chi connectivity index (χ2n) is 8.62. The number of amidine groups is 1. The lowest BCUT2D eigenvalue weighted by Gasteiger charge is -2.28. The zero-order chi connectivity index (χ0) is 23.3. The van der Waals surface area contributed by atoms with Crippen molar-refractivity contribution in [2.45, 2.75) is 44.9 Å². The highest BCUT2D eigenvalue weighted by Gasteiger charge is 2.35. The number of carbonyl (C=O) groups is 1. The monoisotopic (exact) mass is 440 g/mol. The topological polar surface area (TPSA) is 94.8 Å². The first-order chi connectivity index (χ1) is 15.9. The van der Waals surface area contributed by atoms with Crippen molar-refractivity contribution in [2.75, 3.05) is 0 Å². The van der Waals surface area contributed by atoms with Crippen LogP contribution in [0.25, 0.3) is 6.08 Å². The van der Waals surface area contributed by atoms with Gasteiger partial charge in [0.2, 0.25) is 0 Å². The van der Waals surface area contributed by atoms with Crippen LogP contribution in [0, 0.1) is 0 Å². The zero-order valence-corrected chi connectivity index (χ0v) is 18.6. The number of nitrogens with one attached hydrogen (secondary N) is 2. The van der Waals surface area contributed by atoms with Crippen molar-refractivity contribution in [2.24, 2.45) is 5.10 Å². The molecule has 33 heavy (non-hydrogen) atoms. The summed E-state index contributed by atoms with van der Waals surface area (Å²) in [5.41, 5.74) is 7.53. The van der Waals surface area contributed by atoms with Crippen LogP contribution < -0.4 is 16.5 Å². The quantitative estimate of drug-likeness (QED) is 0.573. The molecule has 3 N–H and O–H groups in total. The second kappa shape index (κ2) is 7.99. The highest BCUT2D eigenvalue weighted by atomic mass is 16.4. The molecule has 0 amide bonds. The maximum absolute atomic E-state index is 12.3. The number of aromatic nitrogens is 2. The van der Waals surface area contributed by atoms with E-state index in [0.717, 1.165) is 41.1 Å². The number of carboxylic acid groups (broad SMARTS) is 1. The lowest BCUT2D eigenvalue weighted by atomic mass is 9.99. The molecule has 1 aromatic heterocycles. The van der Waals surface area contributed by atoms with Crippen molar-refractivity contribution in [3.8, 4) is 0 Å². The average molecular weight is 440 g/mol. The Morgan fingerprint density at radius 1 is 1.36 bits per heavy atom. The normalized spacial score (nSPS) is 20.2. The van der Waals surface area contributed by atoms with E-state index in [1.54, 1.807) is 10.6 Å². The third-order valence-corrected chi connectivity index (χ3v) is 6.19. The van der Waals surface area contributed by atoms with E-state index in [0.29, 0.717) is 5.69 Å². The molecule has 0 bridgehead atoms. The van der Waals surface area contributed by atoms with Gasteiger partial charge in [0.05, 0.1) is 23.2 Å². The summed E-state index contributed by atoms with van der Waals surface area (Å²) in [5.74, 6) is -0.167. The Kier molecular flexibility index (Phi) is 5.11. The standard InChI is InChI=1S/C24H25BN6O2/c1-4-15-5-7-16(8-6-15)19(20-21(23(32)33)31(18-9-10-18)24(25)27-20)26-17-11-13(2)22-29-28-14(3)30(22)12-17/h4-8,11-12,14,18-19,26,28H,1,9-10H2,2-3H3,(H,32,33). The SMILES string of the molecule is [B]c1nc(C(NC2=CN3C(=NNC3C)C(C)=C2)c2ccc(C=C)cc2)c(C(=O)O)n1C1CC1. The van der Waals surface area contributed by atoms with Gasteiger partial charge in [0, 0.05) is 12.2 Å². The molecule has 1 aromatic carbocycles. The smallest absolute Gasteiger partial charge is 0.354 e. The summed E-state index contributed by atoms with van der Waals surface area (Å²) >= 11 is 0. The summed E-state index contributed by atoms with van der Waals surface area (Å²) < 4.78 is 1.66. The third-order valence-electron chi connectivity index (χ3n) is 6.19. The number of nitrogens with zero attached hydrogens (tertiary/aromatic N) is 4. The molecule has 3 heterocycles. The second-order valence-corrected chi connectivity index (χ2v) is 8.62. The van der Waals surface area contributed by atoms with Crippen LogP contribution in [0.1, 0.15) is 66.1 Å². The molecule has 2 aromatic rings. The Balaban J connectivity index is 1.60. The van der Waals surface area contributed by atoms with Gasteiger partial charge in [-0.25, -0.2) is 9.78 Å². The van der Waals surface area contributed by atoms with Crippen LogP contribution in [0.4, 0.5) is 0 Å². The third kappa shape index (κ3) is 3.73. The summed E-state index contributed by atoms with van der Waals surface area (Å²) in [6.07, 6.45) is 7.58. The summed E-state index contributed by atoms with van der Waals surface area (Å²) in [7, 11) is 6.21. The molecular weight excluding hydrogens is 415 g/mol. The maximum atomic E-state index is 12.3. The molecular formula is C24H25BN6O2. The highest BCUT2D eigenvalue weighted by molar-refractivity contribution is 6.29. The van der Waals surface area contributed by atoms with Gasteiger partial charge in [-0.1, -0.05) is 36.9 Å². The largest absolute Gasteiger partial charge is 0.477 e. The number of hydrazone groups is 1. The van der Waals surface area contributed by atoms with Crippen molar-refractivity contribution in [3.63, 3.8) is 0 Å². The van der Waals surface area contributed by atoms with E-state index in [1.165, 1.54) is 0 Å². The first kappa shape index (κ1) is 21.1. The summed E-state index contributed by atoms with van der Waals surface area (Å²) in [6.45, 7) is 7.84. The fourth-order valence-electron chi connectivity index (χ4n) is 4.37. The number of aromatic carboxylic acids is 1. The van der Waals surface area contributed by atoms with E-state index in [1.807, 2.05) is 55.3 Å². The first-order valence-corrected chi connectivity index (χ1v) is 11.0. The van der Waals surface area contributed by atoms with Crippen LogP contribution in [0.3, 0.4) is 0 Å². The van der Waals surface area contributed by atoms with Gasteiger partial charge in [0.15, 0.2) is 19.4 Å². The van der Waals surface area contributed by atoms with E-state index in [2.05, 4.69) is 27.4 Å². The predicted molar refractivity (Wildman–Crippen MR) is 128 cm³/mol. The van der Waals surface area contributed by atoms with Gasteiger partial charge in [0.25, 0.3) is 0 Å². The molecule has 166 valence electrons. The number of allylic oxidation sites excluding steroid dienone is 1. The number of fused-ring (bicyclic) bond motifs is 1. The van der Waals surface area contributed by atoms with Gasteiger partial charge in [-0.15, -0.1) is 0 Å². The Hall–Kier alpha value is -3.75. The van der Waals surface area contributed by atoms with Crippen LogP contribution in [0.15, 0.2) is 59.5 Å².